The van der Waals surface area contributed by atoms with Gasteiger partial charge in [-0.15, -0.1) is 24.0 Å². The van der Waals surface area contributed by atoms with Crippen molar-refractivity contribution in [2.24, 2.45) is 12.0 Å². The van der Waals surface area contributed by atoms with Crippen LogP contribution in [0.3, 0.4) is 0 Å². The molecule has 0 aliphatic carbocycles. The Kier molecular flexibility index (Phi) is 7.47. The van der Waals surface area contributed by atoms with Crippen molar-refractivity contribution in [3.63, 3.8) is 0 Å². The molecular weight excluding hydrogens is 408 g/mol. The first-order valence-corrected chi connectivity index (χ1v) is 7.19. The molecule has 0 unspecified atom stereocenters. The first-order valence-electron chi connectivity index (χ1n) is 7.19. The second-order valence-corrected chi connectivity index (χ2v) is 5.18. The lowest BCUT2D eigenvalue weighted by atomic mass is 10.2. The highest BCUT2D eigenvalue weighted by atomic mass is 127. The molecule has 0 atom stereocenters. The second kappa shape index (κ2) is 8.85. The van der Waals surface area contributed by atoms with Gasteiger partial charge in [0.25, 0.3) is 0 Å². The van der Waals surface area contributed by atoms with Gasteiger partial charge in [-0.25, -0.2) is 4.39 Å². The Labute approximate surface area is 153 Å². The van der Waals surface area contributed by atoms with Gasteiger partial charge in [-0.05, 0) is 31.5 Å². The minimum absolute atomic E-state index is 0. The van der Waals surface area contributed by atoms with Crippen molar-refractivity contribution >= 4 is 29.9 Å². The van der Waals surface area contributed by atoms with E-state index in [0.29, 0.717) is 19.0 Å². The SMILES string of the molecule is CN=C(NCc1cccc(F)c1)NCc1c(C)nn(C)c1C.I. The van der Waals surface area contributed by atoms with E-state index in [1.807, 2.05) is 31.6 Å². The summed E-state index contributed by atoms with van der Waals surface area (Å²) in [7, 11) is 3.65. The minimum Gasteiger partial charge on any atom is -0.352 e. The number of nitrogens with one attached hydrogen (secondary N) is 2. The largest absolute Gasteiger partial charge is 0.352 e. The summed E-state index contributed by atoms with van der Waals surface area (Å²) in [5.41, 5.74) is 4.17. The summed E-state index contributed by atoms with van der Waals surface area (Å²) in [6.45, 7) is 5.20. The van der Waals surface area contributed by atoms with E-state index in [0.717, 1.165) is 22.5 Å². The van der Waals surface area contributed by atoms with Crippen molar-refractivity contribution in [2.75, 3.05) is 7.05 Å². The summed E-state index contributed by atoms with van der Waals surface area (Å²) >= 11 is 0. The Morgan fingerprint density at radius 3 is 2.52 bits per heavy atom. The van der Waals surface area contributed by atoms with Gasteiger partial charge in [-0.1, -0.05) is 12.1 Å². The fraction of sp³-hybridized carbons (Fsp3) is 0.375. The third kappa shape index (κ3) is 5.19. The molecule has 0 saturated heterocycles. The zero-order valence-corrected chi connectivity index (χ0v) is 16.2. The van der Waals surface area contributed by atoms with Crippen LogP contribution in [-0.2, 0) is 20.1 Å². The molecule has 0 radical (unpaired) electrons. The predicted octanol–water partition coefficient (Wildman–Crippen LogP) is 2.66. The van der Waals surface area contributed by atoms with Crippen LogP contribution in [0.5, 0.6) is 0 Å². The van der Waals surface area contributed by atoms with Crippen molar-refractivity contribution in [1.82, 2.24) is 20.4 Å². The van der Waals surface area contributed by atoms with Gasteiger partial charge in [0.15, 0.2) is 5.96 Å². The fourth-order valence-electron chi connectivity index (χ4n) is 2.30. The Morgan fingerprint density at radius 1 is 1.26 bits per heavy atom. The number of nitrogens with zero attached hydrogens (tertiary/aromatic N) is 3. The lowest BCUT2D eigenvalue weighted by Gasteiger charge is -2.12. The molecule has 0 aliphatic rings. The predicted molar refractivity (Wildman–Crippen MR) is 102 cm³/mol. The number of guanidine groups is 1. The van der Waals surface area contributed by atoms with Crippen LogP contribution in [0.1, 0.15) is 22.5 Å². The van der Waals surface area contributed by atoms with Crippen LogP contribution < -0.4 is 10.6 Å². The van der Waals surface area contributed by atoms with E-state index in [2.05, 4.69) is 20.7 Å². The first kappa shape index (κ1) is 19.4. The summed E-state index contributed by atoms with van der Waals surface area (Å²) in [4.78, 5) is 4.18. The molecule has 0 saturated carbocycles. The molecular formula is C16H23FIN5. The molecule has 2 aromatic rings. The number of hydrogen-bond acceptors (Lipinski definition) is 2. The van der Waals surface area contributed by atoms with Gasteiger partial charge in [0.05, 0.1) is 5.69 Å². The molecule has 1 aromatic heterocycles. The summed E-state index contributed by atoms with van der Waals surface area (Å²) < 4.78 is 15.0. The quantitative estimate of drug-likeness (QED) is 0.445. The number of halogens is 2. The monoisotopic (exact) mass is 431 g/mol. The summed E-state index contributed by atoms with van der Waals surface area (Å²) in [6.07, 6.45) is 0. The smallest absolute Gasteiger partial charge is 0.191 e. The first-order chi connectivity index (χ1) is 10.5. The molecule has 0 aliphatic heterocycles. The van der Waals surface area contributed by atoms with Gasteiger partial charge >= 0.3 is 0 Å². The van der Waals surface area contributed by atoms with Crippen molar-refractivity contribution in [1.29, 1.82) is 0 Å². The van der Waals surface area contributed by atoms with Crippen molar-refractivity contribution in [3.05, 3.63) is 52.6 Å². The molecule has 0 spiro atoms. The maximum absolute atomic E-state index is 13.2. The average Bonchev–Trinajstić information content (AvgIpc) is 2.73. The lowest BCUT2D eigenvalue weighted by Crippen LogP contribution is -2.36. The van der Waals surface area contributed by atoms with E-state index in [1.54, 1.807) is 13.1 Å². The van der Waals surface area contributed by atoms with Gasteiger partial charge in [0.2, 0.25) is 0 Å². The van der Waals surface area contributed by atoms with Crippen LogP contribution in [-0.4, -0.2) is 22.8 Å². The van der Waals surface area contributed by atoms with Gasteiger partial charge in [0.1, 0.15) is 5.82 Å². The van der Waals surface area contributed by atoms with Crippen molar-refractivity contribution < 1.29 is 4.39 Å². The topological polar surface area (TPSA) is 54.2 Å². The van der Waals surface area contributed by atoms with Gasteiger partial charge < -0.3 is 10.6 Å². The van der Waals surface area contributed by atoms with E-state index in [-0.39, 0.29) is 29.8 Å². The Bertz CT molecular complexity index is 681. The molecule has 23 heavy (non-hydrogen) atoms. The summed E-state index contributed by atoms with van der Waals surface area (Å²) in [6, 6.07) is 6.52. The number of rotatable bonds is 4. The normalized spacial score (nSPS) is 11.1. The highest BCUT2D eigenvalue weighted by Gasteiger charge is 2.09. The lowest BCUT2D eigenvalue weighted by molar-refractivity contribution is 0.624. The number of aliphatic imine (C=N–C) groups is 1. The average molecular weight is 431 g/mol. The fourth-order valence-corrected chi connectivity index (χ4v) is 2.30. The van der Waals surface area contributed by atoms with Crippen LogP contribution in [0, 0.1) is 19.7 Å². The molecule has 126 valence electrons. The Morgan fingerprint density at radius 2 is 1.96 bits per heavy atom. The van der Waals surface area contributed by atoms with Crippen LogP contribution in [0.2, 0.25) is 0 Å². The van der Waals surface area contributed by atoms with Crippen molar-refractivity contribution in [3.8, 4) is 0 Å². The summed E-state index contributed by atoms with van der Waals surface area (Å²) in [5.74, 6) is 0.441. The third-order valence-electron chi connectivity index (χ3n) is 3.66. The second-order valence-electron chi connectivity index (χ2n) is 5.18. The zero-order chi connectivity index (χ0) is 16.1. The molecule has 2 rings (SSSR count). The number of aryl methyl sites for hydroxylation is 2. The highest BCUT2D eigenvalue weighted by Crippen LogP contribution is 2.11. The van der Waals surface area contributed by atoms with Crippen LogP contribution in [0.15, 0.2) is 29.3 Å². The number of aromatic nitrogens is 2. The van der Waals surface area contributed by atoms with Gasteiger partial charge in [0, 0.05) is 38.4 Å². The summed E-state index contributed by atoms with van der Waals surface area (Å²) in [5, 5.41) is 10.8. The van der Waals surface area contributed by atoms with Gasteiger partial charge in [-0.3, -0.25) is 9.67 Å². The third-order valence-corrected chi connectivity index (χ3v) is 3.66. The van der Waals surface area contributed by atoms with Crippen LogP contribution >= 0.6 is 24.0 Å². The molecule has 5 nitrogen and oxygen atoms in total. The van der Waals surface area contributed by atoms with E-state index >= 15 is 0 Å². The van der Waals surface area contributed by atoms with Crippen LogP contribution in [0.25, 0.3) is 0 Å². The Balaban J connectivity index is 0.00000264. The molecule has 2 N–H and O–H groups in total. The molecule has 0 bridgehead atoms. The highest BCUT2D eigenvalue weighted by molar-refractivity contribution is 14.0. The molecule has 1 aromatic carbocycles. The van der Waals surface area contributed by atoms with Crippen LogP contribution in [0.4, 0.5) is 4.39 Å². The molecule has 0 amide bonds. The van der Waals surface area contributed by atoms with Crippen molar-refractivity contribution in [2.45, 2.75) is 26.9 Å². The van der Waals surface area contributed by atoms with E-state index in [1.165, 1.54) is 12.1 Å². The zero-order valence-electron chi connectivity index (χ0n) is 13.9. The Hall–Kier alpha value is -1.64. The molecule has 0 fully saturated rings. The van der Waals surface area contributed by atoms with E-state index in [4.69, 9.17) is 0 Å². The molecule has 7 heteroatoms. The molecule has 1 heterocycles. The minimum atomic E-state index is -0.233. The number of hydrogen-bond donors (Lipinski definition) is 2. The number of benzene rings is 1. The van der Waals surface area contributed by atoms with Gasteiger partial charge in [-0.2, -0.15) is 5.10 Å². The standard InChI is InChI=1S/C16H22FN5.HI/c1-11-15(12(2)22(4)21-11)10-20-16(18-3)19-9-13-6-5-7-14(17)8-13;/h5-8H,9-10H2,1-4H3,(H2,18,19,20);1H. The maximum Gasteiger partial charge on any atom is 0.191 e. The van der Waals surface area contributed by atoms with E-state index in [9.17, 15) is 4.39 Å². The maximum atomic E-state index is 13.2. The van der Waals surface area contributed by atoms with E-state index < -0.39 is 0 Å².